The molecule has 2 rings (SSSR count). The van der Waals surface area contributed by atoms with Gasteiger partial charge in [-0.3, -0.25) is 4.79 Å². The largest absolute Gasteiger partial charge is 0.351 e. The van der Waals surface area contributed by atoms with Crippen LogP contribution < -0.4 is 10.6 Å². The van der Waals surface area contributed by atoms with Gasteiger partial charge in [-0.15, -0.1) is 12.4 Å². The number of halogens is 4. The fraction of sp³-hybridized carbons (Fsp3) is 0.500. The van der Waals surface area contributed by atoms with Gasteiger partial charge in [0.05, 0.1) is 5.56 Å². The molecular formula is C14H18ClF2IN2O. The third kappa shape index (κ3) is 4.75. The molecule has 1 aliphatic rings. The minimum Gasteiger partial charge on any atom is -0.351 e. The molecule has 21 heavy (non-hydrogen) atoms. The molecule has 0 atom stereocenters. The van der Waals surface area contributed by atoms with Crippen molar-refractivity contribution in [1.29, 1.82) is 0 Å². The summed E-state index contributed by atoms with van der Waals surface area (Å²) in [5.41, 5.74) is 0.243. The highest BCUT2D eigenvalue weighted by atomic mass is 127. The third-order valence-corrected chi connectivity index (χ3v) is 4.63. The number of rotatable bonds is 3. The molecule has 1 aromatic carbocycles. The van der Waals surface area contributed by atoms with Crippen molar-refractivity contribution in [2.45, 2.75) is 19.8 Å². The molecule has 3 nitrogen and oxygen atoms in total. The average molecular weight is 431 g/mol. The maximum atomic E-state index is 13.2. The number of benzene rings is 1. The van der Waals surface area contributed by atoms with Crippen LogP contribution in [0.5, 0.6) is 0 Å². The van der Waals surface area contributed by atoms with Crippen LogP contribution in [0.1, 0.15) is 30.1 Å². The molecule has 0 spiro atoms. The van der Waals surface area contributed by atoms with Crippen LogP contribution in [0.4, 0.5) is 8.78 Å². The first-order chi connectivity index (χ1) is 9.41. The molecule has 1 heterocycles. The van der Waals surface area contributed by atoms with Gasteiger partial charge in [-0.05, 0) is 66.1 Å². The van der Waals surface area contributed by atoms with Gasteiger partial charge in [-0.2, -0.15) is 0 Å². The Labute approximate surface area is 142 Å². The fourth-order valence-electron chi connectivity index (χ4n) is 2.29. The van der Waals surface area contributed by atoms with Gasteiger partial charge in [0.25, 0.3) is 5.91 Å². The van der Waals surface area contributed by atoms with E-state index in [0.29, 0.717) is 10.1 Å². The van der Waals surface area contributed by atoms with E-state index < -0.39 is 11.6 Å². The lowest BCUT2D eigenvalue weighted by molar-refractivity contribution is 0.0921. The minimum absolute atomic E-state index is 0. The standard InChI is InChI=1S/C14H17F2IN2O.ClH/c1-14(2-4-18-5-3-14)8-19-13(20)9-6-10(15)11(16)7-12(9)17;/h6-7,18H,2-5,8H2,1H3,(H,19,20);1H. The number of carbonyl (C=O) groups excluding carboxylic acids is 1. The minimum atomic E-state index is -0.997. The molecule has 1 aliphatic heterocycles. The van der Waals surface area contributed by atoms with E-state index in [1.807, 2.05) is 22.6 Å². The molecule has 0 radical (unpaired) electrons. The number of hydrogen-bond donors (Lipinski definition) is 2. The molecule has 0 saturated carbocycles. The monoisotopic (exact) mass is 430 g/mol. The summed E-state index contributed by atoms with van der Waals surface area (Å²) < 4.78 is 26.7. The predicted molar refractivity (Wildman–Crippen MR) is 88.9 cm³/mol. The van der Waals surface area contributed by atoms with E-state index in [-0.39, 0.29) is 29.3 Å². The number of nitrogens with one attached hydrogen (secondary N) is 2. The zero-order valence-electron chi connectivity index (χ0n) is 11.6. The van der Waals surface area contributed by atoms with Crippen molar-refractivity contribution >= 4 is 40.9 Å². The summed E-state index contributed by atoms with van der Waals surface area (Å²) in [5, 5.41) is 6.11. The topological polar surface area (TPSA) is 41.1 Å². The first kappa shape index (κ1) is 18.6. The summed E-state index contributed by atoms with van der Waals surface area (Å²) in [4.78, 5) is 12.1. The zero-order chi connectivity index (χ0) is 14.8. The van der Waals surface area contributed by atoms with Crippen molar-refractivity contribution in [3.8, 4) is 0 Å². The number of carbonyl (C=O) groups is 1. The lowest BCUT2D eigenvalue weighted by Gasteiger charge is -2.34. The van der Waals surface area contributed by atoms with E-state index in [9.17, 15) is 13.6 Å². The van der Waals surface area contributed by atoms with E-state index in [2.05, 4.69) is 17.6 Å². The quantitative estimate of drug-likeness (QED) is 0.571. The molecule has 0 bridgehead atoms. The SMILES string of the molecule is CC1(CNC(=O)c2cc(F)c(F)cc2I)CCNCC1.Cl. The second kappa shape index (κ2) is 7.69. The summed E-state index contributed by atoms with van der Waals surface area (Å²) in [7, 11) is 0. The van der Waals surface area contributed by atoms with Crippen molar-refractivity contribution in [3.63, 3.8) is 0 Å². The summed E-state index contributed by atoms with van der Waals surface area (Å²) in [6.07, 6.45) is 1.98. The van der Waals surface area contributed by atoms with Crippen LogP contribution in [0.2, 0.25) is 0 Å². The summed E-state index contributed by atoms with van der Waals surface area (Å²) in [5.74, 6) is -2.28. The van der Waals surface area contributed by atoms with Crippen molar-refractivity contribution < 1.29 is 13.6 Å². The Morgan fingerprint density at radius 2 is 1.90 bits per heavy atom. The second-order valence-corrected chi connectivity index (χ2v) is 6.65. The molecule has 1 amide bonds. The van der Waals surface area contributed by atoms with Crippen molar-refractivity contribution in [1.82, 2.24) is 10.6 Å². The van der Waals surface area contributed by atoms with Gasteiger partial charge in [0.15, 0.2) is 11.6 Å². The van der Waals surface area contributed by atoms with Gasteiger partial charge in [-0.25, -0.2) is 8.78 Å². The van der Waals surface area contributed by atoms with Gasteiger partial charge >= 0.3 is 0 Å². The van der Waals surface area contributed by atoms with Crippen LogP contribution in [-0.2, 0) is 0 Å². The van der Waals surface area contributed by atoms with E-state index in [0.717, 1.165) is 38.1 Å². The van der Waals surface area contributed by atoms with Gasteiger partial charge in [0.2, 0.25) is 0 Å². The first-order valence-corrected chi connectivity index (χ1v) is 7.63. The van der Waals surface area contributed by atoms with Gasteiger partial charge in [0.1, 0.15) is 0 Å². The highest BCUT2D eigenvalue weighted by Gasteiger charge is 2.27. The second-order valence-electron chi connectivity index (χ2n) is 5.49. The van der Waals surface area contributed by atoms with Crippen LogP contribution in [0.3, 0.4) is 0 Å². The average Bonchev–Trinajstić information content (AvgIpc) is 2.41. The van der Waals surface area contributed by atoms with Gasteiger partial charge < -0.3 is 10.6 Å². The van der Waals surface area contributed by atoms with Gasteiger partial charge in [-0.1, -0.05) is 6.92 Å². The molecule has 0 aromatic heterocycles. The molecule has 0 unspecified atom stereocenters. The normalized spacial score (nSPS) is 17.0. The van der Waals surface area contributed by atoms with Crippen LogP contribution in [-0.4, -0.2) is 25.5 Å². The third-order valence-electron chi connectivity index (χ3n) is 3.74. The lowest BCUT2D eigenvalue weighted by atomic mass is 9.81. The predicted octanol–water partition coefficient (Wildman–Crippen LogP) is 3.11. The first-order valence-electron chi connectivity index (χ1n) is 6.55. The maximum Gasteiger partial charge on any atom is 0.252 e. The summed E-state index contributed by atoms with van der Waals surface area (Å²) in [6, 6.07) is 1.99. The molecule has 1 aromatic rings. The smallest absolute Gasteiger partial charge is 0.252 e. The molecule has 1 saturated heterocycles. The molecule has 1 fully saturated rings. The number of piperidine rings is 1. The Balaban J connectivity index is 0.00000220. The number of amides is 1. The molecular weight excluding hydrogens is 413 g/mol. The summed E-state index contributed by atoms with van der Waals surface area (Å²) >= 11 is 1.84. The fourth-order valence-corrected chi connectivity index (χ4v) is 2.97. The Bertz CT molecular complexity index is 522. The van der Waals surface area contributed by atoms with E-state index in [1.165, 1.54) is 0 Å². The van der Waals surface area contributed by atoms with Crippen molar-refractivity contribution in [2.75, 3.05) is 19.6 Å². The number of hydrogen-bond acceptors (Lipinski definition) is 2. The van der Waals surface area contributed by atoms with Crippen LogP contribution in [0.15, 0.2) is 12.1 Å². The van der Waals surface area contributed by atoms with Crippen LogP contribution in [0, 0.1) is 20.6 Å². The van der Waals surface area contributed by atoms with Gasteiger partial charge in [0, 0.05) is 10.1 Å². The molecule has 2 N–H and O–H groups in total. The lowest BCUT2D eigenvalue weighted by Crippen LogP contribution is -2.43. The highest BCUT2D eigenvalue weighted by Crippen LogP contribution is 2.27. The maximum absolute atomic E-state index is 13.2. The summed E-state index contributed by atoms with van der Waals surface area (Å²) in [6.45, 7) is 4.55. The Morgan fingerprint density at radius 1 is 1.33 bits per heavy atom. The Hall–Kier alpha value is -0.470. The Morgan fingerprint density at radius 3 is 2.52 bits per heavy atom. The molecule has 118 valence electrons. The van der Waals surface area contributed by atoms with E-state index >= 15 is 0 Å². The van der Waals surface area contributed by atoms with Crippen LogP contribution in [0.25, 0.3) is 0 Å². The van der Waals surface area contributed by atoms with E-state index in [1.54, 1.807) is 0 Å². The van der Waals surface area contributed by atoms with Crippen molar-refractivity contribution in [3.05, 3.63) is 32.9 Å². The Kier molecular flexibility index (Phi) is 6.80. The zero-order valence-corrected chi connectivity index (χ0v) is 14.6. The highest BCUT2D eigenvalue weighted by molar-refractivity contribution is 14.1. The van der Waals surface area contributed by atoms with Crippen LogP contribution >= 0.6 is 35.0 Å². The molecule has 0 aliphatic carbocycles. The van der Waals surface area contributed by atoms with E-state index in [4.69, 9.17) is 0 Å². The molecule has 7 heteroatoms. The van der Waals surface area contributed by atoms with Crippen molar-refractivity contribution in [2.24, 2.45) is 5.41 Å².